The van der Waals surface area contributed by atoms with Crippen LogP contribution in [0.1, 0.15) is 37.4 Å². The number of benzene rings is 1. The Kier molecular flexibility index (Phi) is 10.0. The van der Waals surface area contributed by atoms with Gasteiger partial charge in [-0.05, 0) is 38.3 Å². The highest BCUT2D eigenvalue weighted by Gasteiger charge is 2.31. The van der Waals surface area contributed by atoms with Crippen LogP contribution in [0.4, 0.5) is 5.82 Å². The molecule has 0 spiro atoms. The molecule has 0 aliphatic carbocycles. The summed E-state index contributed by atoms with van der Waals surface area (Å²) in [6, 6.07) is 3.98. The van der Waals surface area contributed by atoms with E-state index in [4.69, 9.17) is 19.2 Å². The molecule has 45 heavy (non-hydrogen) atoms. The first-order valence-corrected chi connectivity index (χ1v) is 16.9. The van der Waals surface area contributed by atoms with Crippen molar-refractivity contribution in [3.05, 3.63) is 29.6 Å². The third-order valence-electron chi connectivity index (χ3n) is 8.99. The quantitative estimate of drug-likeness (QED) is 0.428. The molecule has 1 N–H and O–H groups in total. The maximum atomic E-state index is 13.9. The summed E-state index contributed by atoms with van der Waals surface area (Å²) in [6.45, 7) is 7.91. The third kappa shape index (κ3) is 6.68. The first-order chi connectivity index (χ1) is 21.6. The van der Waals surface area contributed by atoms with Crippen LogP contribution < -0.4 is 24.4 Å². The van der Waals surface area contributed by atoms with Crippen LogP contribution in [0.5, 0.6) is 17.2 Å². The van der Waals surface area contributed by atoms with E-state index in [9.17, 15) is 13.2 Å². The number of methoxy groups -OCH3 is 3. The number of hydrogen-bond acceptors (Lipinski definition) is 10. The van der Waals surface area contributed by atoms with Gasteiger partial charge in [-0.2, -0.15) is 9.40 Å². The normalized spacial score (nSPS) is 19.4. The van der Waals surface area contributed by atoms with Crippen molar-refractivity contribution in [1.82, 2.24) is 29.3 Å². The van der Waals surface area contributed by atoms with Gasteiger partial charge in [0.1, 0.15) is 10.7 Å². The van der Waals surface area contributed by atoms with Crippen LogP contribution >= 0.6 is 0 Å². The molecule has 1 atom stereocenters. The van der Waals surface area contributed by atoms with Crippen LogP contribution in [-0.4, -0.2) is 105 Å². The number of aromatic nitrogens is 3. The second-order valence-corrected chi connectivity index (χ2v) is 13.6. The number of rotatable bonds is 6. The van der Waals surface area contributed by atoms with Gasteiger partial charge in [-0.3, -0.25) is 14.4 Å². The Labute approximate surface area is 265 Å². The highest BCUT2D eigenvalue weighted by molar-refractivity contribution is 7.89. The number of amides is 1. The van der Waals surface area contributed by atoms with E-state index in [1.54, 1.807) is 40.0 Å². The Hall–Kier alpha value is -3.62. The summed E-state index contributed by atoms with van der Waals surface area (Å²) in [6.07, 6.45) is 3.43. The number of sulfonamides is 1. The number of pyridine rings is 1. The van der Waals surface area contributed by atoms with Crippen molar-refractivity contribution >= 4 is 32.7 Å². The molecule has 4 heterocycles. The summed E-state index contributed by atoms with van der Waals surface area (Å²) in [5, 5.41) is 8.04. The average Bonchev–Trinajstić information content (AvgIpc) is 3.39. The molecule has 1 unspecified atom stereocenters. The van der Waals surface area contributed by atoms with E-state index in [0.29, 0.717) is 49.1 Å². The molecular weight excluding hydrogens is 598 g/mol. The summed E-state index contributed by atoms with van der Waals surface area (Å²) < 4.78 is 47.8. The number of carbonyl (C=O) groups excluding carboxylic acids is 1. The van der Waals surface area contributed by atoms with Gasteiger partial charge >= 0.3 is 0 Å². The van der Waals surface area contributed by atoms with E-state index in [1.165, 1.54) is 10.5 Å². The van der Waals surface area contributed by atoms with Crippen molar-refractivity contribution in [1.29, 1.82) is 0 Å². The number of fused-ring (bicyclic) bond motifs is 5. The van der Waals surface area contributed by atoms with Gasteiger partial charge in [0.25, 0.3) is 0 Å². The molecule has 1 amide bonds. The van der Waals surface area contributed by atoms with Crippen molar-refractivity contribution in [3.63, 3.8) is 0 Å². The molecule has 2 aliphatic heterocycles. The second-order valence-electron chi connectivity index (χ2n) is 11.7. The SMILES string of the molecule is CCN1CCN(S(=O)(=O)c2cnn(C)c2C)CCC(=O)NCC2CCCN(C2)c2nc3cc(OC)c(OC)c(OC)c3cc2C1. The minimum atomic E-state index is -3.89. The van der Waals surface area contributed by atoms with Gasteiger partial charge in [0.05, 0.1) is 38.7 Å². The van der Waals surface area contributed by atoms with Gasteiger partial charge in [0.2, 0.25) is 21.7 Å². The summed E-state index contributed by atoms with van der Waals surface area (Å²) in [5.41, 5.74) is 2.28. The highest BCUT2D eigenvalue weighted by Crippen LogP contribution is 2.44. The molecule has 1 saturated heterocycles. The maximum absolute atomic E-state index is 13.9. The minimum absolute atomic E-state index is 0.0811. The smallest absolute Gasteiger partial charge is 0.246 e. The van der Waals surface area contributed by atoms with Crippen LogP contribution in [0.15, 0.2) is 23.2 Å². The van der Waals surface area contributed by atoms with Crippen LogP contribution in [0.25, 0.3) is 10.9 Å². The number of likely N-dealkylation sites (N-methyl/N-ethyl adjacent to an activating group) is 1. The zero-order chi connectivity index (χ0) is 32.3. The fraction of sp³-hybridized carbons (Fsp3) is 0.581. The number of carbonyl (C=O) groups is 1. The Balaban J connectivity index is 1.58. The lowest BCUT2D eigenvalue weighted by molar-refractivity contribution is -0.121. The molecule has 14 heteroatoms. The van der Waals surface area contributed by atoms with Gasteiger partial charge in [-0.25, -0.2) is 13.4 Å². The average molecular weight is 644 g/mol. The lowest BCUT2D eigenvalue weighted by Gasteiger charge is -2.35. The Bertz CT molecular complexity index is 1640. The van der Waals surface area contributed by atoms with Crippen molar-refractivity contribution < 1.29 is 27.4 Å². The van der Waals surface area contributed by atoms with Crippen LogP contribution in [0.2, 0.25) is 0 Å². The van der Waals surface area contributed by atoms with Gasteiger partial charge in [-0.15, -0.1) is 0 Å². The van der Waals surface area contributed by atoms with Crippen molar-refractivity contribution in [2.45, 2.75) is 44.6 Å². The molecule has 1 aromatic carbocycles. The summed E-state index contributed by atoms with van der Waals surface area (Å²) in [4.78, 5) is 22.8. The molecule has 13 nitrogen and oxygen atoms in total. The van der Waals surface area contributed by atoms with Gasteiger partial charge in [-0.1, -0.05) is 6.92 Å². The summed E-state index contributed by atoms with van der Waals surface area (Å²) in [5.74, 6) is 2.53. The molecule has 0 saturated carbocycles. The lowest BCUT2D eigenvalue weighted by Crippen LogP contribution is -2.42. The Morgan fingerprint density at radius 3 is 2.49 bits per heavy atom. The molecule has 5 rings (SSSR count). The fourth-order valence-corrected chi connectivity index (χ4v) is 7.89. The first kappa shape index (κ1) is 32.8. The Morgan fingerprint density at radius 2 is 1.82 bits per heavy atom. The van der Waals surface area contributed by atoms with Gasteiger partial charge in [0.15, 0.2) is 11.5 Å². The predicted octanol–water partition coefficient (Wildman–Crippen LogP) is 2.55. The number of nitrogens with one attached hydrogen (secondary N) is 1. The predicted molar refractivity (Wildman–Crippen MR) is 172 cm³/mol. The lowest BCUT2D eigenvalue weighted by atomic mass is 9.97. The maximum Gasteiger partial charge on any atom is 0.246 e. The minimum Gasteiger partial charge on any atom is -0.493 e. The number of aryl methyl sites for hydroxylation is 1. The molecule has 2 aromatic heterocycles. The van der Waals surface area contributed by atoms with Crippen LogP contribution in [0, 0.1) is 12.8 Å². The van der Waals surface area contributed by atoms with Gasteiger partial charge < -0.3 is 24.4 Å². The molecule has 3 aromatic rings. The number of piperidine rings is 1. The van der Waals surface area contributed by atoms with E-state index in [0.717, 1.165) is 48.2 Å². The molecular formula is C31H45N7O6S. The van der Waals surface area contributed by atoms with Crippen molar-refractivity contribution in [2.24, 2.45) is 13.0 Å². The highest BCUT2D eigenvalue weighted by atomic mass is 32.2. The molecule has 2 bridgehead atoms. The topological polar surface area (TPSA) is 131 Å². The van der Waals surface area contributed by atoms with E-state index in [1.807, 2.05) is 6.07 Å². The monoisotopic (exact) mass is 643 g/mol. The van der Waals surface area contributed by atoms with Crippen LogP contribution in [0.3, 0.4) is 0 Å². The van der Waals surface area contributed by atoms with E-state index < -0.39 is 10.0 Å². The zero-order valence-electron chi connectivity index (χ0n) is 27.1. The van der Waals surface area contributed by atoms with E-state index in [-0.39, 0.29) is 36.2 Å². The van der Waals surface area contributed by atoms with Crippen molar-refractivity contribution in [3.8, 4) is 17.2 Å². The third-order valence-corrected chi connectivity index (χ3v) is 11.0. The largest absolute Gasteiger partial charge is 0.493 e. The van der Waals surface area contributed by atoms with Crippen molar-refractivity contribution in [2.75, 3.05) is 72.0 Å². The molecule has 0 radical (unpaired) electrons. The number of ether oxygens (including phenoxy) is 3. The first-order valence-electron chi connectivity index (χ1n) is 15.5. The van der Waals surface area contributed by atoms with E-state index in [2.05, 4.69) is 33.2 Å². The summed E-state index contributed by atoms with van der Waals surface area (Å²) in [7, 11) is 2.61. The fourth-order valence-electron chi connectivity index (χ4n) is 6.28. The van der Waals surface area contributed by atoms with E-state index >= 15 is 0 Å². The zero-order valence-corrected chi connectivity index (χ0v) is 27.9. The number of hydrogen-bond donors (Lipinski definition) is 1. The molecule has 246 valence electrons. The summed E-state index contributed by atoms with van der Waals surface area (Å²) >= 11 is 0. The second kappa shape index (κ2) is 13.8. The number of anilines is 1. The Morgan fingerprint density at radius 1 is 1.04 bits per heavy atom. The number of nitrogens with zero attached hydrogens (tertiary/aromatic N) is 6. The van der Waals surface area contributed by atoms with Crippen LogP contribution in [-0.2, 0) is 28.4 Å². The molecule has 2 aliphatic rings. The van der Waals surface area contributed by atoms with Gasteiger partial charge in [0, 0.05) is 76.3 Å². The standard InChI is InChI=1S/C31H45N7O6S/c1-7-36-13-14-38(45(40,41)27-18-33-35(3)21(27)2)12-10-28(39)32-17-22-9-8-11-37(19-22)31-23(20-36)15-24-25(34-31)16-26(42-4)30(44-6)29(24)43-5/h15-16,18,22H,7-14,17,19-20H2,1-6H3,(H,32,39). The molecule has 1 fully saturated rings.